The van der Waals surface area contributed by atoms with Crippen LogP contribution in [0.1, 0.15) is 23.6 Å². The summed E-state index contributed by atoms with van der Waals surface area (Å²) in [4.78, 5) is 16.8. The Hall–Kier alpha value is -4.45. The van der Waals surface area contributed by atoms with Gasteiger partial charge < -0.3 is 9.80 Å². The number of amides is 1. The van der Waals surface area contributed by atoms with Gasteiger partial charge in [-0.2, -0.15) is 18.4 Å². The molecule has 0 spiro atoms. The first kappa shape index (κ1) is 25.2. The lowest BCUT2D eigenvalue weighted by Gasteiger charge is -2.40. The summed E-state index contributed by atoms with van der Waals surface area (Å²) in [5, 5.41) is 20.1. The van der Waals surface area contributed by atoms with E-state index in [2.05, 4.69) is 21.2 Å². The van der Waals surface area contributed by atoms with Gasteiger partial charge in [0.05, 0.1) is 23.6 Å². The number of carbonyl (C=O) groups is 1. The van der Waals surface area contributed by atoms with Crippen LogP contribution in [0.15, 0.2) is 72.8 Å². The number of benzene rings is 3. The highest BCUT2D eigenvalue weighted by Gasteiger charge is 2.31. The second-order valence-electron chi connectivity index (χ2n) is 9.36. The minimum absolute atomic E-state index is 0.0428. The van der Waals surface area contributed by atoms with Gasteiger partial charge in [-0.15, -0.1) is 10.2 Å². The van der Waals surface area contributed by atoms with E-state index in [1.54, 1.807) is 17.0 Å². The third-order valence-electron chi connectivity index (χ3n) is 6.84. The number of carbonyl (C=O) groups excluding carboxylic acids is 1. The molecule has 0 bridgehead atoms. The van der Waals surface area contributed by atoms with Crippen molar-refractivity contribution in [2.75, 3.05) is 24.5 Å². The molecule has 0 saturated carbocycles. The van der Waals surface area contributed by atoms with Crippen molar-refractivity contribution in [1.29, 1.82) is 5.26 Å². The van der Waals surface area contributed by atoms with Gasteiger partial charge >= 0.3 is 6.18 Å². The Morgan fingerprint density at radius 3 is 2.29 bits per heavy atom. The van der Waals surface area contributed by atoms with E-state index in [1.165, 1.54) is 12.1 Å². The fourth-order valence-corrected chi connectivity index (χ4v) is 4.81. The normalized spacial score (nSPS) is 15.9. The van der Waals surface area contributed by atoms with E-state index < -0.39 is 11.7 Å². The summed E-state index contributed by atoms with van der Waals surface area (Å²) in [7, 11) is 0. The molecule has 192 valence electrons. The molecule has 0 radical (unpaired) electrons. The predicted molar refractivity (Wildman–Crippen MR) is 138 cm³/mol. The molecular formula is C29H24F3N5O. The Labute approximate surface area is 217 Å². The number of anilines is 1. The Balaban J connectivity index is 1.33. The van der Waals surface area contributed by atoms with Crippen molar-refractivity contribution in [3.05, 3.63) is 89.5 Å². The van der Waals surface area contributed by atoms with Gasteiger partial charge in [-0.25, -0.2) is 0 Å². The molecule has 3 aromatic carbocycles. The summed E-state index contributed by atoms with van der Waals surface area (Å²) in [5.74, 6) is 0.615. The number of rotatable bonds is 4. The van der Waals surface area contributed by atoms with Crippen LogP contribution in [0.2, 0.25) is 0 Å². The number of hydrogen-bond acceptors (Lipinski definition) is 5. The zero-order chi connectivity index (χ0) is 26.9. The maximum atomic E-state index is 12.9. The van der Waals surface area contributed by atoms with Crippen molar-refractivity contribution >= 4 is 22.5 Å². The zero-order valence-electron chi connectivity index (χ0n) is 20.6. The summed E-state index contributed by atoms with van der Waals surface area (Å²) < 4.78 is 38.5. The van der Waals surface area contributed by atoms with E-state index in [4.69, 9.17) is 5.26 Å². The Kier molecular flexibility index (Phi) is 6.72. The van der Waals surface area contributed by atoms with Crippen molar-refractivity contribution < 1.29 is 18.0 Å². The van der Waals surface area contributed by atoms with E-state index in [1.807, 2.05) is 43.3 Å². The molecular weight excluding hydrogens is 491 g/mol. The lowest BCUT2D eigenvalue weighted by atomic mass is 10.0. The van der Waals surface area contributed by atoms with Crippen molar-refractivity contribution in [3.63, 3.8) is 0 Å². The summed E-state index contributed by atoms with van der Waals surface area (Å²) in [5.41, 5.74) is 1.99. The highest BCUT2D eigenvalue weighted by molar-refractivity contribution is 6.00. The van der Waals surface area contributed by atoms with E-state index in [9.17, 15) is 18.0 Å². The molecule has 5 rings (SSSR count). The van der Waals surface area contributed by atoms with Crippen molar-refractivity contribution in [1.82, 2.24) is 15.1 Å². The Bertz CT molecular complexity index is 1510. The highest BCUT2D eigenvalue weighted by atomic mass is 19.4. The molecule has 0 N–H and O–H groups in total. The lowest BCUT2D eigenvalue weighted by Crippen LogP contribution is -2.54. The van der Waals surface area contributed by atoms with E-state index in [0.717, 1.165) is 40.0 Å². The van der Waals surface area contributed by atoms with E-state index >= 15 is 0 Å². The molecule has 6 nitrogen and oxygen atoms in total. The smallest absolute Gasteiger partial charge is 0.348 e. The third-order valence-corrected chi connectivity index (χ3v) is 6.84. The largest absolute Gasteiger partial charge is 0.416 e. The highest BCUT2D eigenvalue weighted by Crippen LogP contribution is 2.33. The van der Waals surface area contributed by atoms with Gasteiger partial charge in [-0.05, 0) is 36.8 Å². The molecule has 1 amide bonds. The first-order valence-electron chi connectivity index (χ1n) is 12.2. The molecule has 0 aliphatic carbocycles. The molecule has 4 aromatic rings. The van der Waals surface area contributed by atoms with Gasteiger partial charge in [0.25, 0.3) is 0 Å². The fraction of sp³-hybridized carbons (Fsp3) is 0.241. The average Bonchev–Trinajstić information content (AvgIpc) is 2.92. The Morgan fingerprint density at radius 1 is 0.974 bits per heavy atom. The molecule has 1 aliphatic rings. The standard InChI is InChI=1S/C29H24F3N5O/c1-19-18-36(26(38)16-20-8-12-23(13-9-20)29(30,31)32)14-15-37(19)28-25-5-3-2-4-24(25)27(34-35-28)22-10-6-21(17-33)7-11-22/h2-13,19H,14-16,18H2,1H3/t19-/m0/s1. The van der Waals surface area contributed by atoms with Crippen molar-refractivity contribution in [2.24, 2.45) is 0 Å². The van der Waals surface area contributed by atoms with Gasteiger partial charge in [0.1, 0.15) is 5.69 Å². The van der Waals surface area contributed by atoms with E-state index in [-0.39, 0.29) is 18.4 Å². The fourth-order valence-electron chi connectivity index (χ4n) is 4.81. The van der Waals surface area contributed by atoms with Crippen LogP contribution in [0.5, 0.6) is 0 Å². The number of nitriles is 1. The topological polar surface area (TPSA) is 73.1 Å². The van der Waals surface area contributed by atoms with Crippen LogP contribution in [0.4, 0.5) is 19.0 Å². The average molecular weight is 516 g/mol. The molecule has 1 aromatic heterocycles. The molecule has 1 saturated heterocycles. The van der Waals surface area contributed by atoms with Crippen LogP contribution in [-0.4, -0.2) is 46.7 Å². The summed E-state index contributed by atoms with van der Waals surface area (Å²) in [6, 6.07) is 21.9. The number of piperazine rings is 1. The SMILES string of the molecule is C[C@H]1CN(C(=O)Cc2ccc(C(F)(F)F)cc2)CCN1c1nnc(-c2ccc(C#N)cc2)c2ccccc12. The molecule has 1 aliphatic heterocycles. The minimum Gasteiger partial charge on any atom is -0.348 e. The Morgan fingerprint density at radius 2 is 1.66 bits per heavy atom. The summed E-state index contributed by atoms with van der Waals surface area (Å²) >= 11 is 0. The number of fused-ring (bicyclic) bond motifs is 1. The van der Waals surface area contributed by atoms with Crippen molar-refractivity contribution in [2.45, 2.75) is 25.6 Å². The van der Waals surface area contributed by atoms with Crippen LogP contribution in [0.25, 0.3) is 22.0 Å². The number of alkyl halides is 3. The van der Waals surface area contributed by atoms with Gasteiger partial charge in [0.15, 0.2) is 5.82 Å². The molecule has 0 unspecified atom stereocenters. The third kappa shape index (κ3) is 5.02. The van der Waals surface area contributed by atoms with Gasteiger partial charge in [0, 0.05) is 42.0 Å². The van der Waals surface area contributed by atoms with Crippen molar-refractivity contribution in [3.8, 4) is 17.3 Å². The van der Waals surface area contributed by atoms with Gasteiger partial charge in [-0.1, -0.05) is 48.5 Å². The first-order valence-corrected chi connectivity index (χ1v) is 12.2. The minimum atomic E-state index is -4.40. The molecule has 1 atom stereocenters. The molecule has 38 heavy (non-hydrogen) atoms. The number of hydrogen-bond donors (Lipinski definition) is 0. The number of nitrogens with zero attached hydrogens (tertiary/aromatic N) is 5. The van der Waals surface area contributed by atoms with Gasteiger partial charge in [-0.3, -0.25) is 4.79 Å². The maximum Gasteiger partial charge on any atom is 0.416 e. The summed E-state index contributed by atoms with van der Waals surface area (Å²) in [6.07, 6.45) is -4.35. The number of halogens is 3. The van der Waals surface area contributed by atoms with Gasteiger partial charge in [0.2, 0.25) is 5.91 Å². The van der Waals surface area contributed by atoms with Crippen LogP contribution >= 0.6 is 0 Å². The second kappa shape index (κ2) is 10.1. The zero-order valence-corrected chi connectivity index (χ0v) is 20.6. The maximum absolute atomic E-state index is 12.9. The van der Waals surface area contributed by atoms with Crippen LogP contribution in [0, 0.1) is 11.3 Å². The monoisotopic (exact) mass is 515 g/mol. The molecule has 1 fully saturated rings. The van der Waals surface area contributed by atoms with Crippen LogP contribution < -0.4 is 4.90 Å². The lowest BCUT2D eigenvalue weighted by molar-refractivity contribution is -0.137. The number of aromatic nitrogens is 2. The van der Waals surface area contributed by atoms with Crippen LogP contribution in [0.3, 0.4) is 0 Å². The molecule has 9 heteroatoms. The second-order valence-corrected chi connectivity index (χ2v) is 9.36. The molecule has 2 heterocycles. The quantitative estimate of drug-likeness (QED) is 0.361. The van der Waals surface area contributed by atoms with E-state index in [0.29, 0.717) is 30.8 Å². The first-order chi connectivity index (χ1) is 18.2. The van der Waals surface area contributed by atoms with Crippen LogP contribution in [-0.2, 0) is 17.4 Å². The summed E-state index contributed by atoms with van der Waals surface area (Å²) in [6.45, 7) is 3.50. The predicted octanol–water partition coefficient (Wildman–Crippen LogP) is 5.47.